The maximum absolute atomic E-state index is 12.1. The summed E-state index contributed by atoms with van der Waals surface area (Å²) in [6.07, 6.45) is 1.74. The summed E-state index contributed by atoms with van der Waals surface area (Å²) in [4.78, 5) is 12.1. The van der Waals surface area contributed by atoms with Crippen LogP contribution in [0.2, 0.25) is 0 Å². The second-order valence-corrected chi connectivity index (χ2v) is 4.81. The molecule has 0 aliphatic heterocycles. The highest BCUT2D eigenvalue weighted by Crippen LogP contribution is 2.23. The van der Waals surface area contributed by atoms with Crippen molar-refractivity contribution >= 4 is 17.3 Å². The minimum atomic E-state index is -0.336. The van der Waals surface area contributed by atoms with Gasteiger partial charge in [-0.2, -0.15) is 10.2 Å². The number of carbonyl (C=O) groups excluding carboxylic acids is 1. The standard InChI is InChI=1S/C12H18N6O/c1-6(2)10-9(13)11(16-15-10)12(19)14-8-5-18(4)17-7(8)3/h5-6H,13H2,1-4H3,(H,14,19)(H,15,16). The van der Waals surface area contributed by atoms with E-state index in [0.29, 0.717) is 11.4 Å². The number of carbonyl (C=O) groups is 1. The van der Waals surface area contributed by atoms with Crippen molar-refractivity contribution in [3.8, 4) is 0 Å². The SMILES string of the molecule is Cc1nn(C)cc1NC(=O)c1n[nH]c(C(C)C)c1N. The lowest BCUT2D eigenvalue weighted by molar-refractivity contribution is 0.102. The predicted octanol–water partition coefficient (Wildman–Crippen LogP) is 1.41. The molecular weight excluding hydrogens is 244 g/mol. The van der Waals surface area contributed by atoms with Crippen molar-refractivity contribution in [2.45, 2.75) is 26.7 Å². The molecule has 2 aromatic rings. The van der Waals surface area contributed by atoms with Crippen molar-refractivity contribution in [1.82, 2.24) is 20.0 Å². The molecule has 0 saturated carbocycles. The Morgan fingerprint density at radius 2 is 2.21 bits per heavy atom. The van der Waals surface area contributed by atoms with Gasteiger partial charge in [-0.25, -0.2) is 0 Å². The van der Waals surface area contributed by atoms with Crippen LogP contribution in [0, 0.1) is 6.92 Å². The zero-order valence-electron chi connectivity index (χ0n) is 11.5. The Kier molecular flexibility index (Phi) is 3.28. The number of H-pyrrole nitrogens is 1. The Morgan fingerprint density at radius 1 is 1.53 bits per heavy atom. The van der Waals surface area contributed by atoms with Crippen molar-refractivity contribution < 1.29 is 4.79 Å². The van der Waals surface area contributed by atoms with Gasteiger partial charge in [-0.1, -0.05) is 13.8 Å². The van der Waals surface area contributed by atoms with Gasteiger partial charge in [0.2, 0.25) is 0 Å². The fourth-order valence-corrected chi connectivity index (χ4v) is 1.88. The molecule has 2 rings (SSSR count). The van der Waals surface area contributed by atoms with Crippen molar-refractivity contribution in [3.05, 3.63) is 23.3 Å². The molecule has 0 saturated heterocycles. The van der Waals surface area contributed by atoms with Crippen LogP contribution in [-0.4, -0.2) is 25.9 Å². The normalized spacial score (nSPS) is 11.0. The molecule has 19 heavy (non-hydrogen) atoms. The number of nitrogens with zero attached hydrogens (tertiary/aromatic N) is 3. The minimum absolute atomic E-state index is 0.189. The van der Waals surface area contributed by atoms with Crippen LogP contribution >= 0.6 is 0 Å². The van der Waals surface area contributed by atoms with Gasteiger partial charge in [-0.3, -0.25) is 14.6 Å². The maximum Gasteiger partial charge on any atom is 0.278 e. The lowest BCUT2D eigenvalue weighted by Crippen LogP contribution is -2.14. The molecule has 2 heterocycles. The molecule has 0 aliphatic carbocycles. The number of nitrogens with two attached hydrogens (primary N) is 1. The van der Waals surface area contributed by atoms with Crippen LogP contribution in [0.25, 0.3) is 0 Å². The quantitative estimate of drug-likeness (QED) is 0.778. The van der Waals surface area contributed by atoms with Gasteiger partial charge in [0.1, 0.15) is 0 Å². The molecule has 0 unspecified atom stereocenters. The number of aryl methyl sites for hydroxylation is 2. The van der Waals surface area contributed by atoms with Gasteiger partial charge in [-0.15, -0.1) is 0 Å². The van der Waals surface area contributed by atoms with Crippen LogP contribution in [0.1, 0.15) is 41.6 Å². The molecule has 1 amide bonds. The highest BCUT2D eigenvalue weighted by atomic mass is 16.2. The minimum Gasteiger partial charge on any atom is -0.395 e. The Hall–Kier alpha value is -2.31. The van der Waals surface area contributed by atoms with Gasteiger partial charge in [0.15, 0.2) is 5.69 Å². The summed E-state index contributed by atoms with van der Waals surface area (Å²) in [7, 11) is 1.79. The predicted molar refractivity (Wildman–Crippen MR) is 73.0 cm³/mol. The summed E-state index contributed by atoms with van der Waals surface area (Å²) in [5, 5.41) is 13.7. The molecule has 0 atom stereocenters. The maximum atomic E-state index is 12.1. The third kappa shape index (κ3) is 2.44. The van der Waals surface area contributed by atoms with Gasteiger partial charge in [0.25, 0.3) is 5.91 Å². The Bertz CT molecular complexity index is 610. The Balaban J connectivity index is 2.23. The summed E-state index contributed by atoms with van der Waals surface area (Å²) in [5.74, 6) is -0.147. The first-order valence-electron chi connectivity index (χ1n) is 6.05. The van der Waals surface area contributed by atoms with Crippen LogP contribution < -0.4 is 11.1 Å². The van der Waals surface area contributed by atoms with E-state index in [4.69, 9.17) is 5.73 Å². The Morgan fingerprint density at radius 3 is 2.68 bits per heavy atom. The third-order valence-electron chi connectivity index (χ3n) is 2.89. The summed E-state index contributed by atoms with van der Waals surface area (Å²) < 4.78 is 1.64. The molecule has 0 aromatic carbocycles. The smallest absolute Gasteiger partial charge is 0.278 e. The van der Waals surface area contributed by atoms with Crippen LogP contribution in [0.3, 0.4) is 0 Å². The fraction of sp³-hybridized carbons (Fsp3) is 0.417. The number of aromatic nitrogens is 4. The van der Waals surface area contributed by atoms with Crippen molar-refractivity contribution in [2.75, 3.05) is 11.1 Å². The molecule has 0 fully saturated rings. The van der Waals surface area contributed by atoms with E-state index in [-0.39, 0.29) is 17.5 Å². The molecule has 0 radical (unpaired) electrons. The van der Waals surface area contributed by atoms with Crippen LogP contribution in [0.15, 0.2) is 6.20 Å². The van der Waals surface area contributed by atoms with Gasteiger partial charge in [0.05, 0.1) is 22.8 Å². The molecule has 7 heteroatoms. The summed E-state index contributed by atoms with van der Waals surface area (Å²) in [5.41, 5.74) is 8.71. The van der Waals surface area contributed by atoms with Crippen LogP contribution in [0.4, 0.5) is 11.4 Å². The molecule has 0 spiro atoms. The first-order valence-corrected chi connectivity index (χ1v) is 6.05. The fourth-order valence-electron chi connectivity index (χ4n) is 1.88. The van der Waals surface area contributed by atoms with E-state index in [1.54, 1.807) is 17.9 Å². The molecule has 2 aromatic heterocycles. The van der Waals surface area contributed by atoms with Gasteiger partial charge < -0.3 is 11.1 Å². The van der Waals surface area contributed by atoms with E-state index >= 15 is 0 Å². The van der Waals surface area contributed by atoms with Crippen molar-refractivity contribution in [1.29, 1.82) is 0 Å². The van der Waals surface area contributed by atoms with E-state index in [0.717, 1.165) is 11.4 Å². The van der Waals surface area contributed by atoms with Crippen molar-refractivity contribution in [2.24, 2.45) is 7.05 Å². The molecular formula is C12H18N6O. The highest BCUT2D eigenvalue weighted by Gasteiger charge is 2.19. The molecule has 102 valence electrons. The van der Waals surface area contributed by atoms with Crippen LogP contribution in [-0.2, 0) is 7.05 Å². The Labute approximate surface area is 111 Å². The largest absolute Gasteiger partial charge is 0.395 e. The van der Waals surface area contributed by atoms with Crippen LogP contribution in [0.5, 0.6) is 0 Å². The lowest BCUT2D eigenvalue weighted by atomic mass is 10.1. The second kappa shape index (κ2) is 4.75. The zero-order chi connectivity index (χ0) is 14.2. The number of nitrogens with one attached hydrogen (secondary N) is 2. The third-order valence-corrected chi connectivity index (χ3v) is 2.89. The zero-order valence-corrected chi connectivity index (χ0v) is 11.5. The summed E-state index contributed by atoms with van der Waals surface area (Å²) in [6, 6.07) is 0. The monoisotopic (exact) mass is 262 g/mol. The molecule has 4 N–H and O–H groups in total. The lowest BCUT2D eigenvalue weighted by Gasteiger charge is -2.03. The number of amides is 1. The number of hydrogen-bond donors (Lipinski definition) is 3. The van der Waals surface area contributed by atoms with Crippen molar-refractivity contribution in [3.63, 3.8) is 0 Å². The summed E-state index contributed by atoms with van der Waals surface area (Å²) >= 11 is 0. The van der Waals surface area contributed by atoms with E-state index in [9.17, 15) is 4.79 Å². The summed E-state index contributed by atoms with van der Waals surface area (Å²) in [6.45, 7) is 5.79. The average Bonchev–Trinajstić information content (AvgIpc) is 2.82. The van der Waals surface area contributed by atoms with E-state index in [2.05, 4.69) is 20.6 Å². The number of rotatable bonds is 3. The molecule has 0 bridgehead atoms. The first kappa shape index (κ1) is 13.1. The first-order chi connectivity index (χ1) is 8.90. The average molecular weight is 262 g/mol. The number of aromatic amines is 1. The number of nitrogen functional groups attached to an aromatic ring is 1. The number of anilines is 2. The number of hydrogen-bond acceptors (Lipinski definition) is 4. The molecule has 0 aliphatic rings. The van der Waals surface area contributed by atoms with E-state index in [1.807, 2.05) is 20.8 Å². The molecule has 7 nitrogen and oxygen atoms in total. The van der Waals surface area contributed by atoms with E-state index in [1.165, 1.54) is 0 Å². The van der Waals surface area contributed by atoms with E-state index < -0.39 is 0 Å². The van der Waals surface area contributed by atoms with Gasteiger partial charge in [-0.05, 0) is 12.8 Å². The topological polar surface area (TPSA) is 102 Å². The highest BCUT2D eigenvalue weighted by molar-refractivity contribution is 6.06. The second-order valence-electron chi connectivity index (χ2n) is 4.81. The van der Waals surface area contributed by atoms with Gasteiger partial charge in [0, 0.05) is 13.2 Å². The van der Waals surface area contributed by atoms with Gasteiger partial charge >= 0.3 is 0 Å².